The molecule has 0 atom stereocenters. The Labute approximate surface area is 82.6 Å². The molecule has 1 rings (SSSR count). The van der Waals surface area contributed by atoms with Crippen LogP contribution in [-0.4, -0.2) is 21.7 Å². The molecule has 0 aliphatic heterocycles. The van der Waals surface area contributed by atoms with Gasteiger partial charge in [-0.2, -0.15) is 8.42 Å². The zero-order valence-electron chi connectivity index (χ0n) is 7.73. The summed E-state index contributed by atoms with van der Waals surface area (Å²) in [6.07, 6.45) is 0. The molecule has 0 bridgehead atoms. The maximum absolute atomic E-state index is 11.8. The third kappa shape index (κ3) is 2.52. The van der Waals surface area contributed by atoms with Crippen LogP contribution in [0, 0.1) is 6.92 Å². The zero-order valence-corrected chi connectivity index (χ0v) is 8.55. The predicted molar refractivity (Wildman–Crippen MR) is 50.3 cm³/mol. The van der Waals surface area contributed by atoms with E-state index in [1.807, 2.05) is 0 Å². The average Bonchev–Trinajstić information content (AvgIpc) is 2.15. The van der Waals surface area contributed by atoms with E-state index in [1.165, 1.54) is 6.07 Å². The van der Waals surface area contributed by atoms with E-state index in [0.717, 1.165) is 0 Å². The lowest BCUT2D eigenvalue weighted by atomic mass is 10.2. The molecule has 0 saturated heterocycles. The van der Waals surface area contributed by atoms with E-state index in [-0.39, 0.29) is 4.90 Å². The molecule has 3 nitrogen and oxygen atoms in total. The van der Waals surface area contributed by atoms with Gasteiger partial charge in [0.15, 0.2) is 0 Å². The fourth-order valence-corrected chi connectivity index (χ4v) is 2.16. The maximum atomic E-state index is 11.8. The Hall–Kier alpha value is -0.940. The van der Waals surface area contributed by atoms with Crippen LogP contribution in [0.3, 0.4) is 0 Å². The van der Waals surface area contributed by atoms with Crippen molar-refractivity contribution in [1.29, 1.82) is 0 Å². The molecule has 0 aromatic heterocycles. The van der Waals surface area contributed by atoms with Gasteiger partial charge in [-0.05, 0) is 18.6 Å². The standard InChI is InChI=1S/C9H11FO3S/c1-8-4-2-3-5-9(8)14(11,12)13-7-6-10/h2-5H,6-7H2,1H3. The minimum Gasteiger partial charge on any atom is -0.264 e. The van der Waals surface area contributed by atoms with Crippen LogP contribution in [0.1, 0.15) is 5.56 Å². The Morgan fingerprint density at radius 2 is 2.00 bits per heavy atom. The van der Waals surface area contributed by atoms with Gasteiger partial charge < -0.3 is 0 Å². The van der Waals surface area contributed by atoms with Crippen LogP contribution in [0.2, 0.25) is 0 Å². The van der Waals surface area contributed by atoms with E-state index in [1.54, 1.807) is 25.1 Å². The van der Waals surface area contributed by atoms with E-state index < -0.39 is 23.4 Å². The molecule has 78 valence electrons. The molecule has 1 aromatic carbocycles. The van der Waals surface area contributed by atoms with Gasteiger partial charge >= 0.3 is 0 Å². The van der Waals surface area contributed by atoms with Gasteiger partial charge in [0.05, 0.1) is 11.5 Å². The van der Waals surface area contributed by atoms with Crippen LogP contribution in [0.5, 0.6) is 0 Å². The Bertz CT molecular complexity index is 400. The molecule has 0 heterocycles. The summed E-state index contributed by atoms with van der Waals surface area (Å²) in [5, 5.41) is 0. The first kappa shape index (κ1) is 11.1. The van der Waals surface area contributed by atoms with Crippen molar-refractivity contribution in [2.45, 2.75) is 11.8 Å². The summed E-state index contributed by atoms with van der Waals surface area (Å²) < 4.78 is 39.0. The molecule has 5 heteroatoms. The summed E-state index contributed by atoms with van der Waals surface area (Å²) in [6.45, 7) is 0.410. The minimum atomic E-state index is -3.79. The van der Waals surface area contributed by atoms with E-state index in [0.29, 0.717) is 5.56 Å². The third-order valence-electron chi connectivity index (χ3n) is 1.68. The lowest BCUT2D eigenvalue weighted by Crippen LogP contribution is -2.09. The van der Waals surface area contributed by atoms with Crippen molar-refractivity contribution >= 4 is 10.1 Å². The zero-order chi connectivity index (χ0) is 10.6. The minimum absolute atomic E-state index is 0.0912. The van der Waals surface area contributed by atoms with Crippen LogP contribution >= 0.6 is 0 Å². The van der Waals surface area contributed by atoms with Crippen molar-refractivity contribution in [2.75, 3.05) is 13.3 Å². The Balaban J connectivity index is 2.99. The first-order chi connectivity index (χ1) is 6.58. The summed E-state index contributed by atoms with van der Waals surface area (Å²) in [7, 11) is -3.79. The topological polar surface area (TPSA) is 43.4 Å². The highest BCUT2D eigenvalue weighted by Crippen LogP contribution is 2.16. The second kappa shape index (κ2) is 4.52. The first-order valence-corrected chi connectivity index (χ1v) is 5.50. The summed E-state index contributed by atoms with van der Waals surface area (Å²) in [5.41, 5.74) is 0.589. The quantitative estimate of drug-likeness (QED) is 0.722. The van der Waals surface area contributed by atoms with Gasteiger partial charge in [-0.3, -0.25) is 4.18 Å². The third-order valence-corrected chi connectivity index (χ3v) is 3.15. The molecular formula is C9H11FO3S. The number of aryl methyl sites for hydroxylation is 1. The number of hydrogen-bond acceptors (Lipinski definition) is 3. The van der Waals surface area contributed by atoms with E-state index in [2.05, 4.69) is 4.18 Å². The summed E-state index contributed by atoms with van der Waals surface area (Å²) in [5.74, 6) is 0. The molecule has 14 heavy (non-hydrogen) atoms. The second-order valence-electron chi connectivity index (χ2n) is 2.73. The van der Waals surface area contributed by atoms with Crippen molar-refractivity contribution in [3.8, 4) is 0 Å². The monoisotopic (exact) mass is 218 g/mol. The van der Waals surface area contributed by atoms with E-state index in [4.69, 9.17) is 0 Å². The smallest absolute Gasteiger partial charge is 0.264 e. The second-order valence-corrected chi connectivity index (χ2v) is 4.31. The largest absolute Gasteiger partial charge is 0.297 e. The highest BCUT2D eigenvalue weighted by atomic mass is 32.2. The molecule has 0 amide bonds. The molecule has 1 aromatic rings. The van der Waals surface area contributed by atoms with E-state index in [9.17, 15) is 12.8 Å². The van der Waals surface area contributed by atoms with Gasteiger partial charge in [-0.25, -0.2) is 4.39 Å². The van der Waals surface area contributed by atoms with Gasteiger partial charge in [0.25, 0.3) is 10.1 Å². The van der Waals surface area contributed by atoms with Crippen molar-refractivity contribution < 1.29 is 17.0 Å². The van der Waals surface area contributed by atoms with Gasteiger partial charge in [-0.15, -0.1) is 0 Å². The fraction of sp³-hybridized carbons (Fsp3) is 0.333. The van der Waals surface area contributed by atoms with Crippen LogP contribution in [0.4, 0.5) is 4.39 Å². The van der Waals surface area contributed by atoms with Gasteiger partial charge in [0.2, 0.25) is 0 Å². The molecule has 0 fully saturated rings. The first-order valence-electron chi connectivity index (χ1n) is 4.09. The molecule has 0 radical (unpaired) electrons. The molecule has 0 aliphatic carbocycles. The molecule has 0 aliphatic rings. The van der Waals surface area contributed by atoms with Gasteiger partial charge in [0, 0.05) is 0 Å². The van der Waals surface area contributed by atoms with Gasteiger partial charge in [0.1, 0.15) is 6.67 Å². The highest BCUT2D eigenvalue weighted by molar-refractivity contribution is 7.86. The van der Waals surface area contributed by atoms with Crippen molar-refractivity contribution in [1.82, 2.24) is 0 Å². The van der Waals surface area contributed by atoms with Crippen molar-refractivity contribution in [3.05, 3.63) is 29.8 Å². The Kier molecular flexibility index (Phi) is 3.60. The number of alkyl halides is 1. The van der Waals surface area contributed by atoms with Crippen LogP contribution in [-0.2, 0) is 14.3 Å². The molecule has 0 spiro atoms. The van der Waals surface area contributed by atoms with E-state index >= 15 is 0 Å². The number of hydrogen-bond donors (Lipinski definition) is 0. The summed E-state index contributed by atoms with van der Waals surface area (Å²) in [6, 6.07) is 6.41. The molecular weight excluding hydrogens is 207 g/mol. The number of benzene rings is 1. The van der Waals surface area contributed by atoms with Crippen molar-refractivity contribution in [2.24, 2.45) is 0 Å². The summed E-state index contributed by atoms with van der Waals surface area (Å²) >= 11 is 0. The van der Waals surface area contributed by atoms with Crippen LogP contribution in [0.25, 0.3) is 0 Å². The van der Waals surface area contributed by atoms with Crippen LogP contribution < -0.4 is 0 Å². The average molecular weight is 218 g/mol. The predicted octanol–water partition coefficient (Wildman–Crippen LogP) is 1.67. The molecule has 0 saturated carbocycles. The fourth-order valence-electron chi connectivity index (χ4n) is 1.04. The number of rotatable bonds is 4. The lowest BCUT2D eigenvalue weighted by Gasteiger charge is -2.05. The Morgan fingerprint density at radius 1 is 1.36 bits per heavy atom. The molecule has 0 N–H and O–H groups in total. The highest BCUT2D eigenvalue weighted by Gasteiger charge is 2.16. The summed E-state index contributed by atoms with van der Waals surface area (Å²) in [4.78, 5) is 0.0912. The SMILES string of the molecule is Cc1ccccc1S(=O)(=O)OCCF. The van der Waals surface area contributed by atoms with Crippen molar-refractivity contribution in [3.63, 3.8) is 0 Å². The molecule has 0 unspecified atom stereocenters. The van der Waals surface area contributed by atoms with Gasteiger partial charge in [-0.1, -0.05) is 18.2 Å². The Morgan fingerprint density at radius 3 is 2.57 bits per heavy atom. The van der Waals surface area contributed by atoms with Crippen LogP contribution in [0.15, 0.2) is 29.2 Å². The number of halogens is 1. The maximum Gasteiger partial charge on any atom is 0.297 e. The normalized spacial score (nSPS) is 11.6. The lowest BCUT2D eigenvalue weighted by molar-refractivity contribution is 0.276.